The lowest BCUT2D eigenvalue weighted by atomic mass is 10.1. The summed E-state index contributed by atoms with van der Waals surface area (Å²) >= 11 is 0. The van der Waals surface area contributed by atoms with Crippen molar-refractivity contribution in [1.29, 1.82) is 0 Å². The van der Waals surface area contributed by atoms with E-state index in [1.54, 1.807) is 6.07 Å². The summed E-state index contributed by atoms with van der Waals surface area (Å²) in [5.74, 6) is 0.930. The minimum Gasteiger partial charge on any atom is -0.476 e. The van der Waals surface area contributed by atoms with E-state index in [1.807, 2.05) is 20.2 Å². The van der Waals surface area contributed by atoms with Crippen LogP contribution >= 0.6 is 0 Å². The first-order chi connectivity index (χ1) is 8.02. The number of nitrogens with zero attached hydrogens (tertiary/aromatic N) is 2. The van der Waals surface area contributed by atoms with Crippen molar-refractivity contribution >= 4 is 0 Å². The van der Waals surface area contributed by atoms with Gasteiger partial charge in [-0.25, -0.2) is 4.98 Å². The zero-order valence-corrected chi connectivity index (χ0v) is 11.1. The van der Waals surface area contributed by atoms with Crippen molar-refractivity contribution in [2.45, 2.75) is 26.4 Å². The molecule has 0 aliphatic heterocycles. The summed E-state index contributed by atoms with van der Waals surface area (Å²) in [6.45, 7) is 5.63. The molecule has 0 saturated heterocycles. The van der Waals surface area contributed by atoms with Gasteiger partial charge in [0, 0.05) is 18.3 Å². The summed E-state index contributed by atoms with van der Waals surface area (Å²) in [6, 6.07) is 3.71. The lowest BCUT2D eigenvalue weighted by Gasteiger charge is -2.13. The van der Waals surface area contributed by atoms with E-state index in [2.05, 4.69) is 23.7 Å². The number of aliphatic hydroxyl groups is 1. The molecule has 1 heterocycles. The zero-order valence-electron chi connectivity index (χ0n) is 11.1. The van der Waals surface area contributed by atoms with Crippen LogP contribution in [-0.2, 0) is 6.61 Å². The molecule has 0 unspecified atom stereocenters. The molecule has 0 aliphatic rings. The fourth-order valence-corrected chi connectivity index (χ4v) is 1.38. The Bertz CT molecular complexity index is 351. The first-order valence-corrected chi connectivity index (χ1v) is 5.92. The number of likely N-dealkylation sites (N-methyl/N-ethyl adjacent to an activating group) is 1. The predicted molar refractivity (Wildman–Crippen MR) is 68.3 cm³/mol. The Morgan fingerprint density at radius 3 is 2.59 bits per heavy atom. The summed E-state index contributed by atoms with van der Waals surface area (Å²) in [4.78, 5) is 6.48. The Balaban J connectivity index is 2.73. The summed E-state index contributed by atoms with van der Waals surface area (Å²) in [5, 5.41) is 9.19. The van der Waals surface area contributed by atoms with Crippen LogP contribution in [-0.4, -0.2) is 42.2 Å². The van der Waals surface area contributed by atoms with Gasteiger partial charge in [-0.1, -0.05) is 13.8 Å². The van der Waals surface area contributed by atoms with Crippen LogP contribution in [0.5, 0.6) is 5.88 Å². The molecule has 0 aliphatic carbocycles. The third-order valence-corrected chi connectivity index (χ3v) is 2.44. The monoisotopic (exact) mass is 238 g/mol. The molecule has 0 fully saturated rings. The standard InChI is InChI=1S/C13H22N2O2/c1-10(2)12-7-11(9-16)8-13(14-12)17-6-5-15(3)4/h7-8,10,16H,5-6,9H2,1-4H3. The van der Waals surface area contributed by atoms with Gasteiger partial charge in [0.05, 0.1) is 6.61 Å². The number of rotatable bonds is 6. The predicted octanol–water partition coefficient (Wildman–Crippen LogP) is 1.64. The Morgan fingerprint density at radius 2 is 2.06 bits per heavy atom. The number of aromatic nitrogens is 1. The van der Waals surface area contributed by atoms with Crippen LogP contribution in [0, 0.1) is 0 Å². The molecule has 1 aromatic heterocycles. The van der Waals surface area contributed by atoms with E-state index < -0.39 is 0 Å². The molecule has 4 heteroatoms. The van der Waals surface area contributed by atoms with Gasteiger partial charge in [-0.2, -0.15) is 0 Å². The molecule has 0 saturated carbocycles. The smallest absolute Gasteiger partial charge is 0.213 e. The fourth-order valence-electron chi connectivity index (χ4n) is 1.38. The molecule has 17 heavy (non-hydrogen) atoms. The summed E-state index contributed by atoms with van der Waals surface area (Å²) in [5.41, 5.74) is 1.81. The molecule has 0 radical (unpaired) electrons. The normalized spacial score (nSPS) is 11.2. The van der Waals surface area contributed by atoms with Gasteiger partial charge >= 0.3 is 0 Å². The number of ether oxygens (including phenoxy) is 1. The molecule has 1 N–H and O–H groups in total. The molecule has 0 atom stereocenters. The van der Waals surface area contributed by atoms with E-state index in [1.165, 1.54) is 0 Å². The van der Waals surface area contributed by atoms with Gasteiger partial charge in [0.1, 0.15) is 6.61 Å². The molecule has 0 amide bonds. The van der Waals surface area contributed by atoms with Crippen LogP contribution in [0.4, 0.5) is 0 Å². The molecule has 0 spiro atoms. The number of hydrogen-bond acceptors (Lipinski definition) is 4. The largest absolute Gasteiger partial charge is 0.476 e. The van der Waals surface area contributed by atoms with Crippen molar-refractivity contribution in [3.05, 3.63) is 23.4 Å². The highest BCUT2D eigenvalue weighted by Crippen LogP contribution is 2.19. The van der Waals surface area contributed by atoms with Gasteiger partial charge in [0.2, 0.25) is 5.88 Å². The molecular weight excluding hydrogens is 216 g/mol. The first-order valence-electron chi connectivity index (χ1n) is 5.92. The Labute approximate surface area is 103 Å². The molecule has 1 rings (SSSR count). The topological polar surface area (TPSA) is 45.6 Å². The van der Waals surface area contributed by atoms with Gasteiger partial charge in [0.25, 0.3) is 0 Å². The maximum atomic E-state index is 9.19. The average Bonchev–Trinajstić information content (AvgIpc) is 2.28. The van der Waals surface area contributed by atoms with Crippen molar-refractivity contribution in [3.8, 4) is 5.88 Å². The Morgan fingerprint density at radius 1 is 1.35 bits per heavy atom. The van der Waals surface area contributed by atoms with Crippen LogP contribution in [0.25, 0.3) is 0 Å². The SMILES string of the molecule is CC(C)c1cc(CO)cc(OCCN(C)C)n1. The van der Waals surface area contributed by atoms with Crippen molar-refractivity contribution in [2.24, 2.45) is 0 Å². The highest BCUT2D eigenvalue weighted by molar-refractivity contribution is 5.26. The van der Waals surface area contributed by atoms with Gasteiger partial charge in [0.15, 0.2) is 0 Å². The summed E-state index contributed by atoms with van der Waals surface area (Å²) in [6.07, 6.45) is 0. The maximum Gasteiger partial charge on any atom is 0.213 e. The number of hydrogen-bond donors (Lipinski definition) is 1. The second kappa shape index (κ2) is 6.57. The maximum absolute atomic E-state index is 9.19. The molecule has 0 bridgehead atoms. The third-order valence-electron chi connectivity index (χ3n) is 2.44. The van der Waals surface area contributed by atoms with Crippen LogP contribution < -0.4 is 4.74 Å². The van der Waals surface area contributed by atoms with E-state index in [0.29, 0.717) is 18.4 Å². The minimum atomic E-state index is 0.0201. The van der Waals surface area contributed by atoms with Gasteiger partial charge in [-0.05, 0) is 31.6 Å². The van der Waals surface area contributed by atoms with Crippen molar-refractivity contribution in [2.75, 3.05) is 27.2 Å². The zero-order chi connectivity index (χ0) is 12.8. The molecule has 4 nitrogen and oxygen atoms in total. The van der Waals surface area contributed by atoms with E-state index >= 15 is 0 Å². The molecule has 1 aromatic rings. The lowest BCUT2D eigenvalue weighted by Crippen LogP contribution is -2.19. The lowest BCUT2D eigenvalue weighted by molar-refractivity contribution is 0.250. The van der Waals surface area contributed by atoms with Crippen molar-refractivity contribution in [3.63, 3.8) is 0 Å². The quantitative estimate of drug-likeness (QED) is 0.818. The van der Waals surface area contributed by atoms with Crippen LogP contribution in [0.2, 0.25) is 0 Å². The summed E-state index contributed by atoms with van der Waals surface area (Å²) in [7, 11) is 4.00. The van der Waals surface area contributed by atoms with E-state index in [4.69, 9.17) is 4.74 Å². The first kappa shape index (κ1) is 13.9. The van der Waals surface area contributed by atoms with Crippen LogP contribution in [0.15, 0.2) is 12.1 Å². The van der Waals surface area contributed by atoms with Crippen molar-refractivity contribution in [1.82, 2.24) is 9.88 Å². The molecule has 0 aromatic carbocycles. The van der Waals surface area contributed by atoms with Gasteiger partial charge in [-0.15, -0.1) is 0 Å². The Hall–Kier alpha value is -1.13. The second-order valence-electron chi connectivity index (χ2n) is 4.70. The summed E-state index contributed by atoms with van der Waals surface area (Å²) < 4.78 is 5.59. The number of aliphatic hydroxyl groups excluding tert-OH is 1. The third kappa shape index (κ3) is 4.71. The number of pyridine rings is 1. The molecule has 96 valence electrons. The van der Waals surface area contributed by atoms with Crippen LogP contribution in [0.1, 0.15) is 31.0 Å². The average molecular weight is 238 g/mol. The van der Waals surface area contributed by atoms with E-state index in [0.717, 1.165) is 17.8 Å². The van der Waals surface area contributed by atoms with E-state index in [-0.39, 0.29) is 6.61 Å². The minimum absolute atomic E-state index is 0.0201. The Kier molecular flexibility index (Phi) is 5.38. The second-order valence-corrected chi connectivity index (χ2v) is 4.70. The van der Waals surface area contributed by atoms with E-state index in [9.17, 15) is 5.11 Å². The van der Waals surface area contributed by atoms with Gasteiger partial charge < -0.3 is 14.7 Å². The highest BCUT2D eigenvalue weighted by Gasteiger charge is 2.06. The van der Waals surface area contributed by atoms with Crippen LogP contribution in [0.3, 0.4) is 0 Å². The van der Waals surface area contributed by atoms with Gasteiger partial charge in [-0.3, -0.25) is 0 Å². The fraction of sp³-hybridized carbons (Fsp3) is 0.615. The highest BCUT2D eigenvalue weighted by atomic mass is 16.5. The molecular formula is C13H22N2O2. The van der Waals surface area contributed by atoms with Crippen molar-refractivity contribution < 1.29 is 9.84 Å².